The number of aromatic nitrogens is 1. The van der Waals surface area contributed by atoms with E-state index in [1.165, 1.54) is 12.8 Å². The fraction of sp³-hybridized carbons (Fsp3) is 0.474. The van der Waals surface area contributed by atoms with Gasteiger partial charge in [-0.2, -0.15) is 0 Å². The highest BCUT2D eigenvalue weighted by Crippen LogP contribution is 2.29. The van der Waals surface area contributed by atoms with E-state index in [1.807, 2.05) is 30.3 Å². The van der Waals surface area contributed by atoms with Gasteiger partial charge in [0.1, 0.15) is 0 Å². The lowest BCUT2D eigenvalue weighted by molar-refractivity contribution is -0.148. The summed E-state index contributed by atoms with van der Waals surface area (Å²) in [5, 5.41) is 1.09. The highest BCUT2D eigenvalue weighted by molar-refractivity contribution is 5.87. The quantitative estimate of drug-likeness (QED) is 0.856. The molecule has 1 saturated heterocycles. The van der Waals surface area contributed by atoms with E-state index < -0.39 is 0 Å². The van der Waals surface area contributed by atoms with Gasteiger partial charge in [0.05, 0.1) is 30.7 Å². The average Bonchev–Trinajstić information content (AvgIpc) is 2.61. The van der Waals surface area contributed by atoms with E-state index in [1.54, 1.807) is 6.20 Å². The number of morpholine rings is 1. The summed E-state index contributed by atoms with van der Waals surface area (Å²) in [6.07, 6.45) is 7.04. The number of ether oxygens (including phenoxy) is 1. The lowest BCUT2D eigenvalue weighted by atomic mass is 9.89. The third-order valence-corrected chi connectivity index (χ3v) is 5.11. The molecule has 0 bridgehead atoms. The van der Waals surface area contributed by atoms with Crippen molar-refractivity contribution in [3.63, 3.8) is 0 Å². The molecule has 1 aliphatic heterocycles. The first-order valence-electron chi connectivity index (χ1n) is 8.56. The van der Waals surface area contributed by atoms with Crippen molar-refractivity contribution in [1.82, 2.24) is 9.88 Å². The Kier molecular flexibility index (Phi) is 4.00. The van der Waals surface area contributed by atoms with Gasteiger partial charge in [0.2, 0.25) is 5.91 Å². The molecule has 4 nitrogen and oxygen atoms in total. The minimum atomic E-state index is 0.211. The van der Waals surface area contributed by atoms with Crippen molar-refractivity contribution in [2.24, 2.45) is 0 Å². The van der Waals surface area contributed by atoms with Gasteiger partial charge in [-0.15, -0.1) is 0 Å². The fourth-order valence-corrected chi connectivity index (χ4v) is 3.98. The zero-order valence-corrected chi connectivity index (χ0v) is 13.3. The Morgan fingerprint density at radius 3 is 3.04 bits per heavy atom. The molecule has 0 radical (unpaired) electrons. The number of carbonyl (C=O) groups excluding carboxylic acids is 1. The number of pyridine rings is 1. The van der Waals surface area contributed by atoms with Gasteiger partial charge in [0.25, 0.3) is 0 Å². The van der Waals surface area contributed by atoms with Crippen LogP contribution in [0.4, 0.5) is 0 Å². The maximum Gasteiger partial charge on any atom is 0.227 e. The second-order valence-corrected chi connectivity index (χ2v) is 6.52. The Hall–Kier alpha value is -1.94. The molecule has 2 heterocycles. The Balaban J connectivity index is 1.56. The van der Waals surface area contributed by atoms with Gasteiger partial charge in [-0.05, 0) is 24.5 Å². The summed E-state index contributed by atoms with van der Waals surface area (Å²) in [5.74, 6) is 0.211. The normalized spacial score (nSPS) is 24.4. The van der Waals surface area contributed by atoms with Crippen molar-refractivity contribution >= 4 is 16.8 Å². The van der Waals surface area contributed by atoms with Crippen LogP contribution in [0, 0.1) is 0 Å². The topological polar surface area (TPSA) is 42.4 Å². The van der Waals surface area contributed by atoms with Gasteiger partial charge in [-0.3, -0.25) is 9.78 Å². The number of hydrogen-bond acceptors (Lipinski definition) is 3. The van der Waals surface area contributed by atoms with Crippen molar-refractivity contribution in [2.75, 3.05) is 13.2 Å². The highest BCUT2D eigenvalue weighted by Gasteiger charge is 2.36. The van der Waals surface area contributed by atoms with Crippen molar-refractivity contribution < 1.29 is 9.53 Å². The minimum absolute atomic E-state index is 0.211. The largest absolute Gasteiger partial charge is 0.374 e. The zero-order valence-electron chi connectivity index (χ0n) is 13.3. The lowest BCUT2D eigenvalue weighted by Crippen LogP contribution is -2.55. The predicted octanol–water partition coefficient (Wildman–Crippen LogP) is 2.95. The van der Waals surface area contributed by atoms with Crippen LogP contribution in [0.25, 0.3) is 10.9 Å². The van der Waals surface area contributed by atoms with Crippen LogP contribution >= 0.6 is 0 Å². The van der Waals surface area contributed by atoms with E-state index >= 15 is 0 Å². The molecule has 1 aromatic carbocycles. The fourth-order valence-electron chi connectivity index (χ4n) is 3.98. The van der Waals surface area contributed by atoms with Crippen molar-refractivity contribution in [3.8, 4) is 0 Å². The minimum Gasteiger partial charge on any atom is -0.374 e. The average molecular weight is 310 g/mol. The molecule has 2 aliphatic rings. The molecule has 120 valence electrons. The molecular formula is C19H22N2O2. The molecule has 2 unspecified atom stereocenters. The Labute approximate surface area is 136 Å². The van der Waals surface area contributed by atoms with Gasteiger partial charge in [0.15, 0.2) is 0 Å². The predicted molar refractivity (Wildman–Crippen MR) is 89.2 cm³/mol. The van der Waals surface area contributed by atoms with E-state index in [4.69, 9.17) is 4.74 Å². The molecule has 4 rings (SSSR count). The molecule has 2 aromatic rings. The summed E-state index contributed by atoms with van der Waals surface area (Å²) in [4.78, 5) is 19.4. The summed E-state index contributed by atoms with van der Waals surface area (Å²) in [7, 11) is 0. The van der Waals surface area contributed by atoms with Gasteiger partial charge in [0, 0.05) is 18.1 Å². The summed E-state index contributed by atoms with van der Waals surface area (Å²) in [6.45, 7) is 1.39. The van der Waals surface area contributed by atoms with Crippen LogP contribution in [0.1, 0.15) is 31.2 Å². The Morgan fingerprint density at radius 1 is 1.22 bits per heavy atom. The van der Waals surface area contributed by atoms with Gasteiger partial charge in [-0.25, -0.2) is 0 Å². The zero-order chi connectivity index (χ0) is 15.6. The van der Waals surface area contributed by atoms with Gasteiger partial charge in [-0.1, -0.05) is 37.1 Å². The number of hydrogen-bond donors (Lipinski definition) is 0. The van der Waals surface area contributed by atoms with Crippen LogP contribution in [0.2, 0.25) is 0 Å². The molecule has 2 fully saturated rings. The number of amides is 1. The highest BCUT2D eigenvalue weighted by atomic mass is 16.5. The first kappa shape index (κ1) is 14.6. The van der Waals surface area contributed by atoms with Crippen LogP contribution in [0.3, 0.4) is 0 Å². The summed E-state index contributed by atoms with van der Waals surface area (Å²) in [6, 6.07) is 10.3. The van der Waals surface area contributed by atoms with Crippen molar-refractivity contribution in [2.45, 2.75) is 44.2 Å². The third-order valence-electron chi connectivity index (χ3n) is 5.11. The number of benzene rings is 1. The number of nitrogens with zero attached hydrogens (tertiary/aromatic N) is 2. The lowest BCUT2D eigenvalue weighted by Gasteiger charge is -2.43. The molecule has 1 aliphatic carbocycles. The molecular weight excluding hydrogens is 288 g/mol. The van der Waals surface area contributed by atoms with E-state index in [-0.39, 0.29) is 18.1 Å². The van der Waals surface area contributed by atoms with E-state index in [0.717, 1.165) is 35.9 Å². The van der Waals surface area contributed by atoms with Crippen molar-refractivity contribution in [3.05, 3.63) is 42.1 Å². The second-order valence-electron chi connectivity index (χ2n) is 6.52. The molecule has 1 aromatic heterocycles. The SMILES string of the molecule is O=C(Cc1cccc2cccnc12)N1CCOC2CCCCC21. The molecule has 0 spiro atoms. The third kappa shape index (κ3) is 2.83. The number of para-hydroxylation sites is 1. The van der Waals surface area contributed by atoms with Crippen LogP contribution in [-0.2, 0) is 16.0 Å². The van der Waals surface area contributed by atoms with Gasteiger partial charge < -0.3 is 9.64 Å². The van der Waals surface area contributed by atoms with Crippen molar-refractivity contribution in [1.29, 1.82) is 0 Å². The maximum atomic E-state index is 12.9. The number of carbonyl (C=O) groups is 1. The Bertz CT molecular complexity index is 708. The molecule has 0 N–H and O–H groups in total. The van der Waals surface area contributed by atoms with E-state index in [2.05, 4.69) is 9.88 Å². The van der Waals surface area contributed by atoms with Gasteiger partial charge >= 0.3 is 0 Å². The summed E-state index contributed by atoms with van der Waals surface area (Å²) in [5.41, 5.74) is 1.96. The molecule has 2 atom stereocenters. The van der Waals surface area contributed by atoms with Crippen LogP contribution in [0.5, 0.6) is 0 Å². The van der Waals surface area contributed by atoms with Crippen LogP contribution < -0.4 is 0 Å². The number of rotatable bonds is 2. The standard InChI is InChI=1S/C19H22N2O2/c22-18(21-11-12-23-17-9-2-1-8-16(17)21)13-15-6-3-5-14-7-4-10-20-19(14)15/h3-7,10,16-17H,1-2,8-9,11-13H2. The summed E-state index contributed by atoms with van der Waals surface area (Å²) < 4.78 is 5.88. The molecule has 1 saturated carbocycles. The Morgan fingerprint density at radius 2 is 2.09 bits per heavy atom. The molecule has 4 heteroatoms. The van der Waals surface area contributed by atoms with E-state index in [0.29, 0.717) is 13.0 Å². The number of fused-ring (bicyclic) bond motifs is 2. The van der Waals surface area contributed by atoms with Crippen LogP contribution in [0.15, 0.2) is 36.5 Å². The first-order chi connectivity index (χ1) is 11.3. The smallest absolute Gasteiger partial charge is 0.227 e. The second kappa shape index (κ2) is 6.28. The molecule has 23 heavy (non-hydrogen) atoms. The maximum absolute atomic E-state index is 12.9. The monoisotopic (exact) mass is 310 g/mol. The van der Waals surface area contributed by atoms with E-state index in [9.17, 15) is 4.79 Å². The first-order valence-corrected chi connectivity index (χ1v) is 8.56. The summed E-state index contributed by atoms with van der Waals surface area (Å²) >= 11 is 0. The van der Waals surface area contributed by atoms with Crippen LogP contribution in [-0.4, -0.2) is 41.1 Å². The molecule has 1 amide bonds.